The molecule has 3 rings (SSSR count). The maximum atomic E-state index is 6.16. The van der Waals surface area contributed by atoms with Crippen LogP contribution in [0.5, 0.6) is 0 Å². The molecule has 0 radical (unpaired) electrons. The number of rotatable bonds is 2. The standard InChI is InChI=1S/C16H25N3S/c1-16(2,3)14-9-8-13(20-14)12-10-18-15(17)19(12)11-6-4-5-7-11/h8-9,11-12H,4-7,10H2,1-3H3,(H2,17,18). The van der Waals surface area contributed by atoms with Gasteiger partial charge in [-0.1, -0.05) is 33.6 Å². The Labute approximate surface area is 125 Å². The van der Waals surface area contributed by atoms with Crippen molar-refractivity contribution in [2.75, 3.05) is 6.54 Å². The van der Waals surface area contributed by atoms with Gasteiger partial charge in [-0.05, 0) is 30.4 Å². The van der Waals surface area contributed by atoms with Gasteiger partial charge in [0, 0.05) is 15.8 Å². The normalized spacial score (nSPS) is 24.4. The van der Waals surface area contributed by atoms with E-state index in [9.17, 15) is 0 Å². The fourth-order valence-corrected chi connectivity index (χ4v) is 4.45. The molecule has 1 atom stereocenters. The minimum Gasteiger partial charge on any atom is -0.370 e. The average Bonchev–Trinajstić information content (AvgIpc) is 3.05. The lowest BCUT2D eigenvalue weighted by Crippen LogP contribution is -2.42. The second-order valence-electron chi connectivity index (χ2n) is 7.01. The Hall–Kier alpha value is -1.03. The lowest BCUT2D eigenvalue weighted by atomic mass is 9.95. The zero-order chi connectivity index (χ0) is 14.3. The highest BCUT2D eigenvalue weighted by molar-refractivity contribution is 7.12. The van der Waals surface area contributed by atoms with Gasteiger partial charge < -0.3 is 10.6 Å². The Bertz CT molecular complexity index is 506. The van der Waals surface area contributed by atoms with E-state index in [1.54, 1.807) is 0 Å². The highest BCUT2D eigenvalue weighted by Crippen LogP contribution is 2.39. The van der Waals surface area contributed by atoms with Gasteiger partial charge in [-0.2, -0.15) is 0 Å². The molecule has 1 aromatic rings. The van der Waals surface area contributed by atoms with Crippen LogP contribution in [-0.4, -0.2) is 23.4 Å². The molecule has 110 valence electrons. The Morgan fingerprint density at radius 3 is 2.55 bits per heavy atom. The third kappa shape index (κ3) is 2.46. The molecule has 1 aromatic heterocycles. The van der Waals surface area contributed by atoms with Gasteiger partial charge in [0.25, 0.3) is 0 Å². The summed E-state index contributed by atoms with van der Waals surface area (Å²) in [7, 11) is 0. The molecular formula is C16H25N3S. The maximum absolute atomic E-state index is 6.16. The number of guanidine groups is 1. The van der Waals surface area contributed by atoms with Crippen molar-refractivity contribution in [1.82, 2.24) is 4.90 Å². The molecule has 2 N–H and O–H groups in total. The molecule has 0 aromatic carbocycles. The zero-order valence-electron chi connectivity index (χ0n) is 12.7. The highest BCUT2D eigenvalue weighted by atomic mass is 32.1. The van der Waals surface area contributed by atoms with Gasteiger partial charge >= 0.3 is 0 Å². The molecule has 20 heavy (non-hydrogen) atoms. The van der Waals surface area contributed by atoms with Gasteiger partial charge in [-0.25, -0.2) is 0 Å². The van der Waals surface area contributed by atoms with Crippen molar-refractivity contribution in [3.05, 3.63) is 21.9 Å². The highest BCUT2D eigenvalue weighted by Gasteiger charge is 2.35. The predicted octanol–water partition coefficient (Wildman–Crippen LogP) is 3.66. The van der Waals surface area contributed by atoms with Crippen LogP contribution in [0, 0.1) is 0 Å². The van der Waals surface area contributed by atoms with Gasteiger partial charge in [0.1, 0.15) is 0 Å². The Balaban J connectivity index is 1.84. The van der Waals surface area contributed by atoms with Gasteiger partial charge in [0.2, 0.25) is 0 Å². The summed E-state index contributed by atoms with van der Waals surface area (Å²) in [6.07, 6.45) is 5.20. The predicted molar refractivity (Wildman–Crippen MR) is 86.3 cm³/mol. The van der Waals surface area contributed by atoms with E-state index in [1.165, 1.54) is 35.4 Å². The van der Waals surface area contributed by atoms with Crippen LogP contribution in [0.1, 0.15) is 62.3 Å². The van der Waals surface area contributed by atoms with Gasteiger partial charge in [-0.3, -0.25) is 4.99 Å². The third-order valence-corrected chi connectivity index (χ3v) is 6.05. The van der Waals surface area contributed by atoms with Crippen molar-refractivity contribution in [2.24, 2.45) is 10.7 Å². The molecule has 0 saturated heterocycles. The first kappa shape index (κ1) is 13.9. The van der Waals surface area contributed by atoms with Crippen LogP contribution < -0.4 is 5.73 Å². The first-order valence-electron chi connectivity index (χ1n) is 7.65. The molecule has 0 bridgehead atoms. The fraction of sp³-hybridized carbons (Fsp3) is 0.688. The third-order valence-electron chi connectivity index (χ3n) is 4.44. The Morgan fingerprint density at radius 1 is 1.25 bits per heavy atom. The van der Waals surface area contributed by atoms with Gasteiger partial charge in [0.05, 0.1) is 12.6 Å². The van der Waals surface area contributed by atoms with Crippen molar-refractivity contribution in [3.8, 4) is 0 Å². The Kier molecular flexibility index (Phi) is 3.53. The smallest absolute Gasteiger partial charge is 0.192 e. The maximum Gasteiger partial charge on any atom is 0.192 e. The average molecular weight is 291 g/mol. The lowest BCUT2D eigenvalue weighted by molar-refractivity contribution is 0.265. The van der Waals surface area contributed by atoms with Crippen LogP contribution in [0.3, 0.4) is 0 Å². The monoisotopic (exact) mass is 291 g/mol. The van der Waals surface area contributed by atoms with E-state index in [-0.39, 0.29) is 5.41 Å². The number of aliphatic imine (C=N–C) groups is 1. The first-order valence-corrected chi connectivity index (χ1v) is 8.47. The van der Waals surface area contributed by atoms with Crippen LogP contribution in [0.15, 0.2) is 17.1 Å². The minimum absolute atomic E-state index is 0.228. The Morgan fingerprint density at radius 2 is 1.95 bits per heavy atom. The number of nitrogens with two attached hydrogens (primary N) is 1. The van der Waals surface area contributed by atoms with Gasteiger partial charge in [-0.15, -0.1) is 11.3 Å². The van der Waals surface area contributed by atoms with Crippen LogP contribution >= 0.6 is 11.3 Å². The molecule has 1 fully saturated rings. The van der Waals surface area contributed by atoms with E-state index in [1.807, 2.05) is 11.3 Å². The molecular weight excluding hydrogens is 266 g/mol. The number of thiophene rings is 1. The molecule has 2 aliphatic rings. The van der Waals surface area contributed by atoms with E-state index < -0.39 is 0 Å². The summed E-state index contributed by atoms with van der Waals surface area (Å²) in [6.45, 7) is 7.65. The molecule has 0 spiro atoms. The van der Waals surface area contributed by atoms with Crippen LogP contribution in [0.25, 0.3) is 0 Å². The van der Waals surface area contributed by atoms with Gasteiger partial charge in [0.15, 0.2) is 5.96 Å². The second kappa shape index (κ2) is 5.06. The summed E-state index contributed by atoms with van der Waals surface area (Å²) in [6, 6.07) is 5.54. The number of hydrogen-bond acceptors (Lipinski definition) is 4. The molecule has 1 aliphatic heterocycles. The minimum atomic E-state index is 0.228. The summed E-state index contributed by atoms with van der Waals surface area (Å²) in [4.78, 5) is 9.78. The summed E-state index contributed by atoms with van der Waals surface area (Å²) in [5, 5.41) is 0. The lowest BCUT2D eigenvalue weighted by Gasteiger charge is -2.31. The molecule has 1 unspecified atom stereocenters. The van der Waals surface area contributed by atoms with E-state index in [4.69, 9.17) is 5.73 Å². The van der Waals surface area contributed by atoms with E-state index in [0.29, 0.717) is 12.1 Å². The van der Waals surface area contributed by atoms with E-state index in [0.717, 1.165) is 12.5 Å². The molecule has 4 heteroatoms. The fourth-order valence-electron chi connectivity index (χ4n) is 3.30. The molecule has 2 heterocycles. The molecule has 1 aliphatic carbocycles. The molecule has 3 nitrogen and oxygen atoms in total. The SMILES string of the molecule is CC(C)(C)c1ccc(C2CN=C(N)N2C2CCCC2)s1. The largest absolute Gasteiger partial charge is 0.370 e. The summed E-state index contributed by atoms with van der Waals surface area (Å²) < 4.78 is 0. The summed E-state index contributed by atoms with van der Waals surface area (Å²) in [5.74, 6) is 0.757. The molecule has 0 amide bonds. The topological polar surface area (TPSA) is 41.6 Å². The quantitative estimate of drug-likeness (QED) is 0.903. The number of hydrogen-bond donors (Lipinski definition) is 1. The first-order chi connectivity index (χ1) is 9.47. The van der Waals surface area contributed by atoms with Crippen molar-refractivity contribution in [1.29, 1.82) is 0 Å². The van der Waals surface area contributed by atoms with Crippen LogP contribution in [-0.2, 0) is 5.41 Å². The molecule has 1 saturated carbocycles. The van der Waals surface area contributed by atoms with Crippen molar-refractivity contribution in [2.45, 2.75) is 64.0 Å². The summed E-state index contributed by atoms with van der Waals surface area (Å²) >= 11 is 1.93. The van der Waals surface area contributed by atoms with Crippen molar-refractivity contribution in [3.63, 3.8) is 0 Å². The van der Waals surface area contributed by atoms with Crippen molar-refractivity contribution >= 4 is 17.3 Å². The van der Waals surface area contributed by atoms with E-state index >= 15 is 0 Å². The van der Waals surface area contributed by atoms with Crippen LogP contribution in [0.4, 0.5) is 0 Å². The van der Waals surface area contributed by atoms with Crippen LogP contribution in [0.2, 0.25) is 0 Å². The van der Waals surface area contributed by atoms with E-state index in [2.05, 4.69) is 42.8 Å². The summed E-state index contributed by atoms with van der Waals surface area (Å²) in [5.41, 5.74) is 6.39. The zero-order valence-corrected chi connectivity index (χ0v) is 13.5. The number of nitrogens with zero attached hydrogens (tertiary/aromatic N) is 2. The second-order valence-corrected chi connectivity index (χ2v) is 8.13. The van der Waals surface area contributed by atoms with Crippen molar-refractivity contribution < 1.29 is 0 Å².